The summed E-state index contributed by atoms with van der Waals surface area (Å²) in [5, 5.41) is 3.51. The first-order valence-electron chi connectivity index (χ1n) is 7.31. The zero-order valence-electron chi connectivity index (χ0n) is 12.1. The van der Waals surface area contributed by atoms with Crippen molar-refractivity contribution in [3.05, 3.63) is 48.5 Å². The van der Waals surface area contributed by atoms with E-state index in [1.807, 2.05) is 0 Å². The lowest BCUT2D eigenvalue weighted by molar-refractivity contribution is 0.631. The highest BCUT2D eigenvalue weighted by Gasteiger charge is 2.11. The molecule has 0 fully saturated rings. The Bertz CT molecular complexity index is 692. The second kappa shape index (κ2) is 6.35. The van der Waals surface area contributed by atoms with E-state index in [1.165, 1.54) is 5.56 Å². The molecule has 2 heterocycles. The first-order chi connectivity index (χ1) is 10.4. The van der Waals surface area contributed by atoms with E-state index in [9.17, 15) is 0 Å². The normalized spacial score (nSPS) is 12.4. The average molecular weight is 281 g/mol. The van der Waals surface area contributed by atoms with Crippen LogP contribution in [0.15, 0.2) is 43.0 Å². The van der Waals surface area contributed by atoms with Crippen molar-refractivity contribution in [3.8, 4) is 0 Å². The van der Waals surface area contributed by atoms with Gasteiger partial charge in [-0.3, -0.25) is 0 Å². The van der Waals surface area contributed by atoms with Gasteiger partial charge in [0.2, 0.25) is 0 Å². The smallest absolute Gasteiger partial charge is 0.182 e. The maximum absolute atomic E-state index is 4.33. The molecule has 2 N–H and O–H groups in total. The molecular weight excluding hydrogens is 262 g/mol. The third-order valence-electron chi connectivity index (χ3n) is 3.68. The summed E-state index contributed by atoms with van der Waals surface area (Å²) in [5.74, 6) is 0.831. The van der Waals surface area contributed by atoms with Gasteiger partial charge in [0, 0.05) is 6.04 Å². The van der Waals surface area contributed by atoms with Crippen molar-refractivity contribution in [3.63, 3.8) is 0 Å². The quantitative estimate of drug-likeness (QED) is 0.728. The molecule has 108 valence electrons. The van der Waals surface area contributed by atoms with Gasteiger partial charge in [0.1, 0.15) is 11.8 Å². The van der Waals surface area contributed by atoms with E-state index in [1.54, 1.807) is 12.7 Å². The predicted molar refractivity (Wildman–Crippen MR) is 84.1 cm³/mol. The van der Waals surface area contributed by atoms with Crippen LogP contribution in [0.5, 0.6) is 0 Å². The van der Waals surface area contributed by atoms with E-state index in [0.717, 1.165) is 30.6 Å². The maximum atomic E-state index is 4.33. The average Bonchev–Trinajstić information content (AvgIpc) is 3.02. The summed E-state index contributed by atoms with van der Waals surface area (Å²) in [6.45, 7) is 2.19. The molecule has 5 heteroatoms. The summed E-state index contributed by atoms with van der Waals surface area (Å²) in [6.07, 6.45) is 6.38. The summed E-state index contributed by atoms with van der Waals surface area (Å²) < 4.78 is 0. The van der Waals surface area contributed by atoms with Gasteiger partial charge in [-0.25, -0.2) is 15.0 Å². The van der Waals surface area contributed by atoms with Crippen LogP contribution < -0.4 is 5.32 Å². The Morgan fingerprint density at radius 3 is 2.81 bits per heavy atom. The molecule has 3 rings (SSSR count). The molecule has 21 heavy (non-hydrogen) atoms. The molecule has 0 saturated carbocycles. The zero-order valence-corrected chi connectivity index (χ0v) is 12.1. The van der Waals surface area contributed by atoms with Gasteiger partial charge < -0.3 is 10.3 Å². The molecule has 0 aliphatic rings. The summed E-state index contributed by atoms with van der Waals surface area (Å²) in [5.41, 5.74) is 2.94. The van der Waals surface area contributed by atoms with E-state index in [4.69, 9.17) is 0 Å². The van der Waals surface area contributed by atoms with Crippen molar-refractivity contribution in [1.29, 1.82) is 0 Å². The lowest BCUT2D eigenvalue weighted by atomic mass is 10.0. The van der Waals surface area contributed by atoms with Crippen LogP contribution >= 0.6 is 0 Å². The molecule has 5 nitrogen and oxygen atoms in total. The van der Waals surface area contributed by atoms with Crippen molar-refractivity contribution in [2.24, 2.45) is 0 Å². The van der Waals surface area contributed by atoms with Gasteiger partial charge in [0.05, 0.1) is 6.33 Å². The van der Waals surface area contributed by atoms with E-state index >= 15 is 0 Å². The van der Waals surface area contributed by atoms with Crippen LogP contribution in [-0.2, 0) is 6.42 Å². The fourth-order valence-corrected chi connectivity index (χ4v) is 2.43. The first kappa shape index (κ1) is 13.5. The third kappa shape index (κ3) is 3.18. The molecule has 0 spiro atoms. The molecule has 1 atom stereocenters. The SMILES string of the molecule is CCC(CCc1ccccc1)Nc1ncnc2nc[nH]c12. The lowest BCUT2D eigenvalue weighted by Crippen LogP contribution is -2.20. The fraction of sp³-hybridized carbons (Fsp3) is 0.312. The summed E-state index contributed by atoms with van der Waals surface area (Å²) in [6, 6.07) is 10.9. The van der Waals surface area contributed by atoms with E-state index in [0.29, 0.717) is 11.7 Å². The Morgan fingerprint density at radius 1 is 1.14 bits per heavy atom. The van der Waals surface area contributed by atoms with E-state index in [-0.39, 0.29) is 0 Å². The van der Waals surface area contributed by atoms with Crippen LogP contribution in [0.4, 0.5) is 5.82 Å². The lowest BCUT2D eigenvalue weighted by Gasteiger charge is -2.17. The van der Waals surface area contributed by atoms with Gasteiger partial charge in [-0.15, -0.1) is 0 Å². The molecule has 1 aromatic carbocycles. The number of hydrogen-bond donors (Lipinski definition) is 2. The number of nitrogens with zero attached hydrogens (tertiary/aromatic N) is 3. The Kier molecular flexibility index (Phi) is 4.09. The van der Waals surface area contributed by atoms with Crippen molar-refractivity contribution in [2.75, 3.05) is 5.32 Å². The number of H-pyrrole nitrogens is 1. The third-order valence-corrected chi connectivity index (χ3v) is 3.68. The summed E-state index contributed by atoms with van der Waals surface area (Å²) in [4.78, 5) is 15.7. The second-order valence-corrected chi connectivity index (χ2v) is 5.10. The van der Waals surface area contributed by atoms with Crippen molar-refractivity contribution in [2.45, 2.75) is 32.2 Å². The topological polar surface area (TPSA) is 66.5 Å². The van der Waals surface area contributed by atoms with Crippen molar-refractivity contribution >= 4 is 17.0 Å². The minimum atomic E-state index is 0.381. The molecule has 2 aromatic heterocycles. The number of imidazole rings is 1. The molecule has 0 amide bonds. The monoisotopic (exact) mass is 281 g/mol. The standard InChI is InChI=1S/C16H19N5/c1-2-13(9-8-12-6-4-3-5-7-12)21-16-14-15(18-10-17-14)19-11-20-16/h3-7,10-11,13H,2,8-9H2,1H3,(H2,17,18,19,20,21). The second-order valence-electron chi connectivity index (χ2n) is 5.10. The van der Waals surface area contributed by atoms with Gasteiger partial charge in [0.15, 0.2) is 11.5 Å². The first-order valence-corrected chi connectivity index (χ1v) is 7.31. The number of aromatic nitrogens is 4. The fourth-order valence-electron chi connectivity index (χ4n) is 2.43. The summed E-state index contributed by atoms with van der Waals surface area (Å²) >= 11 is 0. The van der Waals surface area contributed by atoms with Crippen molar-refractivity contribution in [1.82, 2.24) is 19.9 Å². The van der Waals surface area contributed by atoms with Crippen molar-refractivity contribution < 1.29 is 0 Å². The molecule has 0 bridgehead atoms. The highest BCUT2D eigenvalue weighted by molar-refractivity contribution is 5.82. The highest BCUT2D eigenvalue weighted by atomic mass is 15.1. The van der Waals surface area contributed by atoms with Gasteiger partial charge in [0.25, 0.3) is 0 Å². The number of aryl methyl sites for hydroxylation is 1. The van der Waals surface area contributed by atoms with Crippen LogP contribution in [-0.4, -0.2) is 26.0 Å². The van der Waals surface area contributed by atoms with Gasteiger partial charge >= 0.3 is 0 Å². The molecule has 0 saturated heterocycles. The Hall–Kier alpha value is -2.43. The molecule has 0 aliphatic carbocycles. The predicted octanol–water partition coefficient (Wildman–Crippen LogP) is 3.18. The number of benzene rings is 1. The molecule has 3 aromatic rings. The van der Waals surface area contributed by atoms with E-state index < -0.39 is 0 Å². The van der Waals surface area contributed by atoms with Gasteiger partial charge in [-0.2, -0.15) is 0 Å². The number of nitrogens with one attached hydrogen (secondary N) is 2. The maximum Gasteiger partial charge on any atom is 0.182 e. The minimum Gasteiger partial charge on any atom is -0.365 e. The Labute approximate surface area is 123 Å². The number of anilines is 1. The largest absolute Gasteiger partial charge is 0.365 e. The van der Waals surface area contributed by atoms with Crippen LogP contribution in [0.1, 0.15) is 25.3 Å². The van der Waals surface area contributed by atoms with Crippen LogP contribution in [0.2, 0.25) is 0 Å². The van der Waals surface area contributed by atoms with Crippen LogP contribution in [0, 0.1) is 0 Å². The minimum absolute atomic E-state index is 0.381. The van der Waals surface area contributed by atoms with Crippen LogP contribution in [0.25, 0.3) is 11.2 Å². The molecule has 1 unspecified atom stereocenters. The Balaban J connectivity index is 1.68. The molecular formula is C16H19N5. The van der Waals surface area contributed by atoms with Gasteiger partial charge in [-0.1, -0.05) is 37.3 Å². The number of fused-ring (bicyclic) bond motifs is 1. The van der Waals surface area contributed by atoms with Crippen LogP contribution in [0.3, 0.4) is 0 Å². The zero-order chi connectivity index (χ0) is 14.5. The molecule has 0 aliphatic heterocycles. The number of rotatable bonds is 6. The highest BCUT2D eigenvalue weighted by Crippen LogP contribution is 2.18. The summed E-state index contributed by atoms with van der Waals surface area (Å²) in [7, 11) is 0. The molecule has 0 radical (unpaired) electrons. The Morgan fingerprint density at radius 2 is 2.00 bits per heavy atom. The van der Waals surface area contributed by atoms with E-state index in [2.05, 4.69) is 62.5 Å². The number of aromatic amines is 1. The number of hydrogen-bond acceptors (Lipinski definition) is 4. The van der Waals surface area contributed by atoms with Gasteiger partial charge in [-0.05, 0) is 24.8 Å².